The quantitative estimate of drug-likeness (QED) is 0.116. The summed E-state index contributed by atoms with van der Waals surface area (Å²) in [5.74, 6) is 0.0740. The first-order valence-corrected chi connectivity index (χ1v) is 17.1. The molecule has 3 atom stereocenters. The summed E-state index contributed by atoms with van der Waals surface area (Å²) in [4.78, 5) is 43.4. The topological polar surface area (TPSA) is 178 Å². The molecule has 0 spiro atoms. The number of rotatable bonds is 6. The SMILES string of the molecule is Cc1cc(Oc2ccccc2)ccc1C1(N)C(=O)C(N)c2c(C(=O)NC3CCCN(C(=O)/C(C#N)=C/C(C)(C)C)C3)sc3c(N)ccc1c23. The molecule has 49 heavy (non-hydrogen) atoms. The van der Waals surface area contributed by atoms with Gasteiger partial charge in [-0.05, 0) is 72.2 Å². The van der Waals surface area contributed by atoms with Crippen molar-refractivity contribution in [3.63, 3.8) is 0 Å². The molecule has 0 bridgehead atoms. The van der Waals surface area contributed by atoms with Gasteiger partial charge in [-0.25, -0.2) is 0 Å². The number of nitriles is 1. The number of carbonyl (C=O) groups is 3. The van der Waals surface area contributed by atoms with Crippen molar-refractivity contribution in [2.24, 2.45) is 16.9 Å². The van der Waals surface area contributed by atoms with Crippen LogP contribution >= 0.6 is 11.3 Å². The average molecular weight is 677 g/mol. The van der Waals surface area contributed by atoms with E-state index < -0.39 is 23.3 Å². The van der Waals surface area contributed by atoms with Gasteiger partial charge in [0.05, 0.1) is 15.6 Å². The van der Waals surface area contributed by atoms with Crippen LogP contribution in [0.4, 0.5) is 5.69 Å². The number of Topliss-reactive ketones (excluding diaryl/α,β-unsaturated/α-hetero) is 1. The molecule has 1 fully saturated rings. The second-order valence-corrected chi connectivity index (χ2v) is 14.9. The first-order valence-electron chi connectivity index (χ1n) is 16.2. The van der Waals surface area contributed by atoms with E-state index in [1.54, 1.807) is 35.2 Å². The number of nitrogens with two attached hydrogens (primary N) is 3. The predicted octanol–water partition coefficient (Wildman–Crippen LogP) is 5.59. The van der Waals surface area contributed by atoms with Crippen molar-refractivity contribution in [3.05, 3.63) is 99.4 Å². The fourth-order valence-electron chi connectivity index (χ4n) is 6.87. The van der Waals surface area contributed by atoms with Crippen LogP contribution in [-0.4, -0.2) is 41.6 Å². The zero-order valence-corrected chi connectivity index (χ0v) is 28.8. The van der Waals surface area contributed by atoms with Gasteiger partial charge in [-0.2, -0.15) is 5.26 Å². The number of carbonyl (C=O) groups excluding carboxylic acids is 3. The Labute approximate surface area is 289 Å². The largest absolute Gasteiger partial charge is 0.457 e. The highest BCUT2D eigenvalue weighted by molar-refractivity contribution is 7.21. The Morgan fingerprint density at radius 1 is 1.10 bits per heavy atom. The van der Waals surface area contributed by atoms with Crippen molar-refractivity contribution in [3.8, 4) is 17.6 Å². The number of nitrogen functional groups attached to an aromatic ring is 1. The Balaban J connectivity index is 1.32. The first-order chi connectivity index (χ1) is 23.2. The fourth-order valence-corrected chi connectivity index (χ4v) is 8.07. The number of nitrogens with one attached hydrogen (secondary N) is 1. The lowest BCUT2D eigenvalue weighted by Gasteiger charge is -2.37. The minimum Gasteiger partial charge on any atom is -0.457 e. The number of ketones is 1. The van der Waals surface area contributed by atoms with E-state index in [0.29, 0.717) is 63.3 Å². The van der Waals surface area contributed by atoms with Crippen molar-refractivity contribution in [1.29, 1.82) is 5.26 Å². The van der Waals surface area contributed by atoms with E-state index in [0.717, 1.165) is 5.56 Å². The number of hydrogen-bond acceptors (Lipinski definition) is 9. The lowest BCUT2D eigenvalue weighted by molar-refractivity contribution is -0.128. The summed E-state index contributed by atoms with van der Waals surface area (Å²) in [7, 11) is 0. The van der Waals surface area contributed by atoms with E-state index in [1.807, 2.05) is 70.2 Å². The summed E-state index contributed by atoms with van der Waals surface area (Å²) in [5, 5.41) is 13.3. The zero-order valence-electron chi connectivity index (χ0n) is 28.0. The number of anilines is 1. The number of ether oxygens (including phenoxy) is 1. The number of allylic oxidation sites excluding steroid dienone is 1. The highest BCUT2D eigenvalue weighted by atomic mass is 32.1. The van der Waals surface area contributed by atoms with Crippen LogP contribution in [-0.2, 0) is 15.1 Å². The molecule has 4 aromatic rings. The number of likely N-dealkylation sites (tertiary alicyclic amines) is 1. The molecule has 0 radical (unpaired) electrons. The molecule has 1 aliphatic heterocycles. The molecular weight excluding hydrogens is 637 g/mol. The number of nitrogens with zero attached hydrogens (tertiary/aromatic N) is 2. The number of benzene rings is 3. The van der Waals surface area contributed by atoms with Crippen molar-refractivity contribution < 1.29 is 19.1 Å². The third-order valence-electron chi connectivity index (χ3n) is 9.09. The number of aryl methyl sites for hydroxylation is 1. The summed E-state index contributed by atoms with van der Waals surface area (Å²) < 4.78 is 6.64. The van der Waals surface area contributed by atoms with E-state index in [9.17, 15) is 19.6 Å². The van der Waals surface area contributed by atoms with Crippen molar-refractivity contribution in [2.75, 3.05) is 18.8 Å². The highest BCUT2D eigenvalue weighted by Gasteiger charge is 2.49. The molecular formula is C38H40N6O4S. The molecule has 2 aliphatic rings. The van der Waals surface area contributed by atoms with Gasteiger partial charge in [-0.1, -0.05) is 57.2 Å². The lowest BCUT2D eigenvalue weighted by Crippen LogP contribution is -2.53. The van der Waals surface area contributed by atoms with E-state index in [1.165, 1.54) is 11.3 Å². The molecule has 252 valence electrons. The predicted molar refractivity (Wildman–Crippen MR) is 191 cm³/mol. The Bertz CT molecular complexity index is 2060. The summed E-state index contributed by atoms with van der Waals surface area (Å²) in [6.45, 7) is 8.38. The van der Waals surface area contributed by atoms with Gasteiger partial charge in [0.1, 0.15) is 28.7 Å². The maximum atomic E-state index is 14.3. The highest BCUT2D eigenvalue weighted by Crippen LogP contribution is 2.50. The molecule has 11 heteroatoms. The van der Waals surface area contributed by atoms with E-state index >= 15 is 0 Å². The normalized spacial score (nSPS) is 21.0. The Morgan fingerprint density at radius 2 is 1.82 bits per heavy atom. The van der Waals surface area contributed by atoms with Crippen molar-refractivity contribution >= 4 is 44.7 Å². The minimum atomic E-state index is -1.61. The Kier molecular flexibility index (Phi) is 8.83. The molecule has 2 amide bonds. The molecule has 6 rings (SSSR count). The van der Waals surface area contributed by atoms with Gasteiger partial charge in [0.2, 0.25) is 0 Å². The molecule has 1 aromatic heterocycles. The first kappa shape index (κ1) is 33.9. The standard InChI is InChI=1S/C38H40N6O4S/c1-21-17-25(48-24-10-6-5-7-11-24)12-13-26(21)38(42)27-14-15-28(40)32-29(27)30(31(41)34(38)45)33(49-32)35(46)43-23-9-8-16-44(20-23)36(47)22(19-39)18-37(2,3)4/h5-7,10-15,17-18,23,31H,8-9,16,20,40-42H2,1-4H3,(H,43,46)/b22-18+. The molecule has 1 aliphatic carbocycles. The Hall–Kier alpha value is -5.02. The summed E-state index contributed by atoms with van der Waals surface area (Å²) in [5.41, 5.74) is 21.1. The monoisotopic (exact) mass is 676 g/mol. The number of thiophene rings is 1. The minimum absolute atomic E-state index is 0.0831. The molecule has 7 N–H and O–H groups in total. The molecule has 3 unspecified atom stereocenters. The van der Waals surface area contributed by atoms with Crippen LogP contribution in [0.5, 0.6) is 11.5 Å². The molecule has 3 aromatic carbocycles. The second kappa shape index (κ2) is 12.8. The van der Waals surface area contributed by atoms with Crippen LogP contribution in [0, 0.1) is 23.7 Å². The summed E-state index contributed by atoms with van der Waals surface area (Å²) in [6, 6.07) is 18.7. The smallest absolute Gasteiger partial charge is 0.264 e. The maximum Gasteiger partial charge on any atom is 0.264 e. The molecule has 10 nitrogen and oxygen atoms in total. The van der Waals surface area contributed by atoms with Gasteiger partial charge in [0.15, 0.2) is 5.78 Å². The molecule has 2 heterocycles. The fraction of sp³-hybridized carbons (Fsp3) is 0.316. The van der Waals surface area contributed by atoms with Crippen LogP contribution in [0.25, 0.3) is 10.1 Å². The second-order valence-electron chi connectivity index (χ2n) is 13.9. The average Bonchev–Trinajstić information content (AvgIpc) is 3.48. The third kappa shape index (κ3) is 6.19. The van der Waals surface area contributed by atoms with E-state index in [4.69, 9.17) is 21.9 Å². The maximum absolute atomic E-state index is 14.3. The van der Waals surface area contributed by atoms with Crippen molar-refractivity contribution in [2.45, 2.75) is 58.2 Å². The van der Waals surface area contributed by atoms with E-state index in [-0.39, 0.29) is 34.4 Å². The van der Waals surface area contributed by atoms with Crippen molar-refractivity contribution in [1.82, 2.24) is 10.2 Å². The number of amides is 2. The Morgan fingerprint density at radius 3 is 2.49 bits per heavy atom. The number of piperidine rings is 1. The molecule has 1 saturated heterocycles. The number of para-hydroxylation sites is 1. The van der Waals surface area contributed by atoms with Gasteiger partial charge in [-0.3, -0.25) is 14.4 Å². The molecule has 0 saturated carbocycles. The lowest BCUT2D eigenvalue weighted by atomic mass is 9.69. The van der Waals surface area contributed by atoms with Gasteiger partial charge >= 0.3 is 0 Å². The van der Waals surface area contributed by atoms with Gasteiger partial charge < -0.3 is 32.2 Å². The van der Waals surface area contributed by atoms with Gasteiger partial charge in [0.25, 0.3) is 11.8 Å². The summed E-state index contributed by atoms with van der Waals surface area (Å²) >= 11 is 1.18. The zero-order chi connectivity index (χ0) is 35.2. The van der Waals surface area contributed by atoms with Crippen LogP contribution in [0.3, 0.4) is 0 Å². The summed E-state index contributed by atoms with van der Waals surface area (Å²) in [6.07, 6.45) is 2.98. The van der Waals surface area contributed by atoms with Gasteiger partial charge in [0, 0.05) is 35.8 Å². The van der Waals surface area contributed by atoms with Gasteiger partial charge in [-0.15, -0.1) is 11.3 Å². The third-order valence-corrected chi connectivity index (χ3v) is 10.3. The number of hydrogen-bond donors (Lipinski definition) is 4. The van der Waals surface area contributed by atoms with Crippen LogP contribution in [0.2, 0.25) is 0 Å². The van der Waals surface area contributed by atoms with Crippen LogP contribution in [0.15, 0.2) is 72.3 Å². The van der Waals surface area contributed by atoms with Crippen LogP contribution < -0.4 is 27.3 Å². The van der Waals surface area contributed by atoms with Crippen LogP contribution in [0.1, 0.15) is 71.6 Å². The van der Waals surface area contributed by atoms with E-state index in [2.05, 4.69) is 5.32 Å².